The van der Waals surface area contributed by atoms with Crippen molar-refractivity contribution in [2.75, 3.05) is 37.6 Å². The van der Waals surface area contributed by atoms with Gasteiger partial charge in [-0.2, -0.15) is 0 Å². The van der Waals surface area contributed by atoms with E-state index in [1.165, 1.54) is 0 Å². The van der Waals surface area contributed by atoms with Crippen molar-refractivity contribution in [1.82, 2.24) is 0 Å². The lowest BCUT2D eigenvalue weighted by atomic mass is 10.1. The summed E-state index contributed by atoms with van der Waals surface area (Å²) in [5.74, 6) is 1.10. The summed E-state index contributed by atoms with van der Waals surface area (Å²) >= 11 is 0. The quantitative estimate of drug-likeness (QED) is 0.828. The van der Waals surface area contributed by atoms with Gasteiger partial charge < -0.3 is 19.3 Å². The fourth-order valence-electron chi connectivity index (χ4n) is 3.07. The molecule has 1 aliphatic heterocycles. The number of hydrogen-bond donors (Lipinski definition) is 0. The Kier molecular flexibility index (Phi) is 5.11. The van der Waals surface area contributed by atoms with Crippen LogP contribution in [0.15, 0.2) is 42.5 Å². The highest BCUT2D eigenvalue weighted by Crippen LogP contribution is 2.32. The van der Waals surface area contributed by atoms with Crippen LogP contribution >= 0.6 is 0 Å². The van der Waals surface area contributed by atoms with Crippen LogP contribution in [0.2, 0.25) is 0 Å². The molecule has 2 aromatic rings. The lowest BCUT2D eigenvalue weighted by Gasteiger charge is -2.21. The predicted octanol–water partition coefficient (Wildman–Crippen LogP) is 3.11. The first-order valence-electron chi connectivity index (χ1n) is 8.45. The van der Waals surface area contributed by atoms with Crippen molar-refractivity contribution in [2.45, 2.75) is 12.8 Å². The van der Waals surface area contributed by atoms with E-state index in [1.807, 2.05) is 6.07 Å². The van der Waals surface area contributed by atoms with Crippen LogP contribution in [0.4, 0.5) is 11.4 Å². The first-order valence-corrected chi connectivity index (χ1v) is 8.45. The van der Waals surface area contributed by atoms with Crippen molar-refractivity contribution < 1.29 is 19.1 Å². The highest BCUT2D eigenvalue weighted by atomic mass is 16.5. The molecule has 0 unspecified atom stereocenters. The summed E-state index contributed by atoms with van der Waals surface area (Å²) in [5, 5.41) is 0. The van der Waals surface area contributed by atoms with E-state index in [0.717, 1.165) is 12.1 Å². The molecule has 0 aliphatic carbocycles. The summed E-state index contributed by atoms with van der Waals surface area (Å²) in [6.45, 7) is 0.696. The minimum atomic E-state index is -0.161. The predicted molar refractivity (Wildman–Crippen MR) is 100 cm³/mol. The van der Waals surface area contributed by atoms with E-state index in [2.05, 4.69) is 0 Å². The molecular weight excluding hydrogens is 332 g/mol. The maximum Gasteiger partial charge on any atom is 0.258 e. The molecule has 1 saturated heterocycles. The van der Waals surface area contributed by atoms with Crippen molar-refractivity contribution >= 4 is 23.2 Å². The van der Waals surface area contributed by atoms with Crippen molar-refractivity contribution in [3.05, 3.63) is 48.0 Å². The van der Waals surface area contributed by atoms with E-state index in [4.69, 9.17) is 9.47 Å². The number of amides is 2. The average molecular weight is 354 g/mol. The van der Waals surface area contributed by atoms with Crippen molar-refractivity contribution in [3.8, 4) is 11.5 Å². The number of anilines is 2. The Morgan fingerprint density at radius 3 is 2.50 bits per heavy atom. The summed E-state index contributed by atoms with van der Waals surface area (Å²) in [5.41, 5.74) is 1.98. The smallest absolute Gasteiger partial charge is 0.258 e. The SMILES string of the molecule is COc1ccc(N(C)C(=O)c2cccc(N3CCCC3=O)c2)cc1OC. The molecule has 2 aromatic carbocycles. The van der Waals surface area contributed by atoms with Gasteiger partial charge in [-0.25, -0.2) is 0 Å². The molecule has 1 aliphatic rings. The van der Waals surface area contributed by atoms with Gasteiger partial charge in [-0.05, 0) is 36.8 Å². The number of benzene rings is 2. The Morgan fingerprint density at radius 1 is 1.08 bits per heavy atom. The molecule has 0 N–H and O–H groups in total. The minimum Gasteiger partial charge on any atom is -0.493 e. The molecule has 2 amide bonds. The number of methoxy groups -OCH3 is 2. The average Bonchev–Trinajstić information content (AvgIpc) is 3.12. The fourth-order valence-corrected chi connectivity index (χ4v) is 3.07. The molecule has 1 heterocycles. The summed E-state index contributed by atoms with van der Waals surface area (Å²) in [7, 11) is 4.83. The first kappa shape index (κ1) is 17.8. The van der Waals surface area contributed by atoms with E-state index in [9.17, 15) is 9.59 Å². The standard InChI is InChI=1S/C20H22N2O4/c1-21(15-9-10-17(25-2)18(13-15)26-3)20(24)14-6-4-7-16(12-14)22-11-5-8-19(22)23/h4,6-7,9-10,12-13H,5,8,11H2,1-3H3. The van der Waals surface area contributed by atoms with Gasteiger partial charge in [0.15, 0.2) is 11.5 Å². The monoisotopic (exact) mass is 354 g/mol. The van der Waals surface area contributed by atoms with Gasteiger partial charge in [-0.1, -0.05) is 6.07 Å². The lowest BCUT2D eigenvalue weighted by Crippen LogP contribution is -2.27. The van der Waals surface area contributed by atoms with E-state index in [1.54, 1.807) is 67.5 Å². The molecule has 136 valence electrons. The molecule has 0 spiro atoms. The van der Waals surface area contributed by atoms with E-state index in [-0.39, 0.29) is 11.8 Å². The molecule has 6 heteroatoms. The summed E-state index contributed by atoms with van der Waals surface area (Å²) in [6, 6.07) is 12.5. The van der Waals surface area contributed by atoms with E-state index >= 15 is 0 Å². The Balaban J connectivity index is 1.86. The van der Waals surface area contributed by atoms with Crippen LogP contribution in [0.25, 0.3) is 0 Å². The van der Waals surface area contributed by atoms with Gasteiger partial charge >= 0.3 is 0 Å². The third-order valence-corrected chi connectivity index (χ3v) is 4.54. The Morgan fingerprint density at radius 2 is 1.85 bits per heavy atom. The Bertz CT molecular complexity index is 834. The molecule has 0 bridgehead atoms. The number of ether oxygens (including phenoxy) is 2. The van der Waals surface area contributed by atoms with Gasteiger partial charge in [0.2, 0.25) is 5.91 Å². The van der Waals surface area contributed by atoms with Gasteiger partial charge in [-0.15, -0.1) is 0 Å². The largest absolute Gasteiger partial charge is 0.493 e. The van der Waals surface area contributed by atoms with E-state index in [0.29, 0.717) is 35.7 Å². The molecule has 0 aromatic heterocycles. The summed E-state index contributed by atoms with van der Waals surface area (Å²) < 4.78 is 10.5. The Labute approximate surface area is 152 Å². The Hall–Kier alpha value is -3.02. The van der Waals surface area contributed by atoms with Crippen LogP contribution < -0.4 is 19.3 Å². The van der Waals surface area contributed by atoms with Gasteiger partial charge in [0.25, 0.3) is 5.91 Å². The van der Waals surface area contributed by atoms with Crippen LogP contribution in [0.3, 0.4) is 0 Å². The van der Waals surface area contributed by atoms with Crippen molar-refractivity contribution in [3.63, 3.8) is 0 Å². The van der Waals surface area contributed by atoms with Crippen LogP contribution in [0.1, 0.15) is 23.2 Å². The molecular formula is C20H22N2O4. The van der Waals surface area contributed by atoms with Gasteiger partial charge in [-0.3, -0.25) is 9.59 Å². The zero-order valence-electron chi connectivity index (χ0n) is 15.2. The number of carbonyl (C=O) groups excluding carboxylic acids is 2. The van der Waals surface area contributed by atoms with Gasteiger partial charge in [0.05, 0.1) is 14.2 Å². The zero-order chi connectivity index (χ0) is 18.7. The molecule has 6 nitrogen and oxygen atoms in total. The molecule has 3 rings (SSSR count). The number of rotatable bonds is 5. The number of carbonyl (C=O) groups is 2. The van der Waals surface area contributed by atoms with E-state index < -0.39 is 0 Å². The molecule has 26 heavy (non-hydrogen) atoms. The van der Waals surface area contributed by atoms with Crippen LogP contribution in [0.5, 0.6) is 11.5 Å². The maximum absolute atomic E-state index is 12.9. The fraction of sp³-hybridized carbons (Fsp3) is 0.300. The highest BCUT2D eigenvalue weighted by Gasteiger charge is 2.23. The van der Waals surface area contributed by atoms with Crippen molar-refractivity contribution in [2.24, 2.45) is 0 Å². The second-order valence-electron chi connectivity index (χ2n) is 6.10. The molecule has 0 radical (unpaired) electrons. The summed E-state index contributed by atoms with van der Waals surface area (Å²) in [4.78, 5) is 28.1. The zero-order valence-corrected chi connectivity index (χ0v) is 15.2. The molecule has 0 atom stereocenters. The third kappa shape index (κ3) is 3.35. The highest BCUT2D eigenvalue weighted by molar-refractivity contribution is 6.07. The number of nitrogens with zero attached hydrogens (tertiary/aromatic N) is 2. The number of hydrogen-bond acceptors (Lipinski definition) is 4. The maximum atomic E-state index is 12.9. The van der Waals surface area contributed by atoms with Crippen LogP contribution in [0, 0.1) is 0 Å². The van der Waals surface area contributed by atoms with Crippen LogP contribution in [-0.4, -0.2) is 39.6 Å². The van der Waals surface area contributed by atoms with Crippen LogP contribution in [-0.2, 0) is 4.79 Å². The minimum absolute atomic E-state index is 0.0999. The normalized spacial score (nSPS) is 13.7. The topological polar surface area (TPSA) is 59.1 Å². The second-order valence-corrected chi connectivity index (χ2v) is 6.10. The van der Waals surface area contributed by atoms with Gasteiger partial charge in [0, 0.05) is 43.0 Å². The first-order chi connectivity index (χ1) is 12.5. The second kappa shape index (κ2) is 7.47. The molecule has 0 saturated carbocycles. The molecule has 1 fully saturated rings. The summed E-state index contributed by atoms with van der Waals surface area (Å²) in [6.07, 6.45) is 1.41. The van der Waals surface area contributed by atoms with Gasteiger partial charge in [0.1, 0.15) is 0 Å². The third-order valence-electron chi connectivity index (χ3n) is 4.54. The van der Waals surface area contributed by atoms with Crippen molar-refractivity contribution in [1.29, 1.82) is 0 Å². The lowest BCUT2D eigenvalue weighted by molar-refractivity contribution is -0.117.